The Morgan fingerprint density at radius 1 is 1.10 bits per heavy atom. The van der Waals surface area contributed by atoms with E-state index in [1.165, 1.54) is 12.1 Å². The molecule has 2 aromatic carbocycles. The van der Waals surface area contributed by atoms with Gasteiger partial charge in [-0.3, -0.25) is 4.79 Å². The van der Waals surface area contributed by atoms with Crippen LogP contribution in [-0.2, 0) is 11.3 Å². The lowest BCUT2D eigenvalue weighted by Crippen LogP contribution is -2.28. The highest BCUT2D eigenvalue weighted by Crippen LogP contribution is 2.23. The number of amides is 1. The molecule has 0 heterocycles. The molecule has 0 atom stereocenters. The highest BCUT2D eigenvalue weighted by molar-refractivity contribution is 5.75. The zero-order valence-corrected chi connectivity index (χ0v) is 10.7. The van der Waals surface area contributed by atoms with Gasteiger partial charge in [0.15, 0.2) is 0 Å². The van der Waals surface area contributed by atoms with Gasteiger partial charge in [-0.25, -0.2) is 8.78 Å². The maximum atomic E-state index is 13.6. The maximum absolute atomic E-state index is 13.6. The van der Waals surface area contributed by atoms with E-state index in [0.717, 1.165) is 11.6 Å². The van der Waals surface area contributed by atoms with E-state index in [-0.39, 0.29) is 6.54 Å². The first kappa shape index (κ1) is 14.1. The monoisotopic (exact) mass is 276 g/mol. The summed E-state index contributed by atoms with van der Waals surface area (Å²) in [6, 6.07) is 10.6. The van der Waals surface area contributed by atoms with Gasteiger partial charge in [-0.15, -0.1) is 0 Å². The normalized spacial score (nSPS) is 10.5. The predicted molar refractivity (Wildman–Crippen MR) is 72.7 cm³/mol. The van der Waals surface area contributed by atoms with Gasteiger partial charge in [-0.1, -0.05) is 24.3 Å². The molecule has 0 aliphatic carbocycles. The van der Waals surface area contributed by atoms with E-state index < -0.39 is 17.5 Å². The van der Waals surface area contributed by atoms with Crippen LogP contribution in [0.4, 0.5) is 8.78 Å². The molecular weight excluding hydrogens is 262 g/mol. The highest BCUT2D eigenvalue weighted by atomic mass is 19.1. The standard InChI is InChI=1S/C15H14F2N2O/c16-12-5-6-13(14(17)7-12)11-3-1-10(2-4-11)8-19-9-15(18)20/h1-7,19H,8-9H2,(H2,18,20). The van der Waals surface area contributed by atoms with E-state index in [1.807, 2.05) is 12.1 Å². The molecule has 0 radical (unpaired) electrons. The third kappa shape index (κ3) is 3.61. The number of nitrogens with two attached hydrogens (primary N) is 1. The van der Waals surface area contributed by atoms with Gasteiger partial charge in [0, 0.05) is 18.2 Å². The largest absolute Gasteiger partial charge is 0.369 e. The summed E-state index contributed by atoms with van der Waals surface area (Å²) < 4.78 is 26.5. The maximum Gasteiger partial charge on any atom is 0.231 e. The first-order chi connectivity index (χ1) is 9.56. The second kappa shape index (κ2) is 6.25. The van der Waals surface area contributed by atoms with Crippen LogP contribution in [0, 0.1) is 11.6 Å². The highest BCUT2D eigenvalue weighted by Gasteiger charge is 2.06. The fraction of sp³-hybridized carbons (Fsp3) is 0.133. The third-order valence-corrected chi connectivity index (χ3v) is 2.82. The van der Waals surface area contributed by atoms with Gasteiger partial charge in [0.25, 0.3) is 0 Å². The molecule has 2 rings (SSSR count). The smallest absolute Gasteiger partial charge is 0.231 e. The van der Waals surface area contributed by atoms with Crippen molar-refractivity contribution in [3.63, 3.8) is 0 Å². The zero-order valence-electron chi connectivity index (χ0n) is 10.7. The van der Waals surface area contributed by atoms with E-state index in [0.29, 0.717) is 17.7 Å². The summed E-state index contributed by atoms with van der Waals surface area (Å²) in [5.41, 5.74) is 6.97. The minimum Gasteiger partial charge on any atom is -0.369 e. The number of halogens is 2. The Morgan fingerprint density at radius 3 is 2.40 bits per heavy atom. The summed E-state index contributed by atoms with van der Waals surface area (Å²) in [7, 11) is 0. The SMILES string of the molecule is NC(=O)CNCc1ccc(-c2ccc(F)cc2F)cc1. The topological polar surface area (TPSA) is 55.1 Å². The van der Waals surface area contributed by atoms with Gasteiger partial charge in [0.2, 0.25) is 5.91 Å². The average Bonchev–Trinajstić information content (AvgIpc) is 2.39. The minimum atomic E-state index is -0.599. The number of carbonyl (C=O) groups is 1. The van der Waals surface area contributed by atoms with Gasteiger partial charge < -0.3 is 11.1 Å². The molecule has 0 saturated carbocycles. The molecule has 0 unspecified atom stereocenters. The average molecular weight is 276 g/mol. The molecule has 20 heavy (non-hydrogen) atoms. The van der Waals surface area contributed by atoms with Gasteiger partial charge in [0.05, 0.1) is 6.54 Å². The van der Waals surface area contributed by atoms with E-state index in [2.05, 4.69) is 5.32 Å². The molecule has 0 aliphatic rings. The second-order valence-corrected chi connectivity index (χ2v) is 4.39. The summed E-state index contributed by atoms with van der Waals surface area (Å²) in [4.78, 5) is 10.6. The number of benzene rings is 2. The molecule has 2 aromatic rings. The Morgan fingerprint density at radius 2 is 1.80 bits per heavy atom. The van der Waals surface area contributed by atoms with Crippen molar-refractivity contribution in [2.45, 2.75) is 6.54 Å². The molecule has 0 saturated heterocycles. The Balaban J connectivity index is 2.09. The van der Waals surface area contributed by atoms with Crippen molar-refractivity contribution in [2.24, 2.45) is 5.73 Å². The first-order valence-electron chi connectivity index (χ1n) is 6.09. The summed E-state index contributed by atoms with van der Waals surface area (Å²) in [5.74, 6) is -1.61. The molecule has 5 heteroatoms. The van der Waals surface area contributed by atoms with Gasteiger partial charge in [-0.2, -0.15) is 0 Å². The fourth-order valence-electron chi connectivity index (χ4n) is 1.86. The Labute approximate surface area is 115 Å². The molecule has 3 nitrogen and oxygen atoms in total. The Hall–Kier alpha value is -2.27. The van der Waals surface area contributed by atoms with Crippen LogP contribution in [0.1, 0.15) is 5.56 Å². The molecule has 0 spiro atoms. The number of primary amides is 1. The van der Waals surface area contributed by atoms with Crippen LogP contribution in [0.15, 0.2) is 42.5 Å². The lowest BCUT2D eigenvalue weighted by atomic mass is 10.0. The summed E-state index contributed by atoms with van der Waals surface area (Å²) >= 11 is 0. The molecule has 1 amide bonds. The molecule has 0 aliphatic heterocycles. The number of hydrogen-bond acceptors (Lipinski definition) is 2. The van der Waals surface area contributed by atoms with E-state index >= 15 is 0 Å². The summed E-state index contributed by atoms with van der Waals surface area (Å²) in [6.07, 6.45) is 0. The molecular formula is C15H14F2N2O. The van der Waals surface area contributed by atoms with E-state index in [1.54, 1.807) is 12.1 Å². The number of rotatable bonds is 5. The van der Waals surface area contributed by atoms with Crippen molar-refractivity contribution < 1.29 is 13.6 Å². The van der Waals surface area contributed by atoms with Crippen LogP contribution in [0.2, 0.25) is 0 Å². The van der Waals surface area contributed by atoms with Crippen molar-refractivity contribution in [3.05, 3.63) is 59.7 Å². The van der Waals surface area contributed by atoms with Crippen LogP contribution in [0.5, 0.6) is 0 Å². The van der Waals surface area contributed by atoms with Crippen molar-refractivity contribution >= 4 is 5.91 Å². The van der Waals surface area contributed by atoms with Crippen LogP contribution >= 0.6 is 0 Å². The van der Waals surface area contributed by atoms with Crippen LogP contribution < -0.4 is 11.1 Å². The number of hydrogen-bond donors (Lipinski definition) is 2. The predicted octanol–water partition coefficient (Wildman–Crippen LogP) is 2.21. The minimum absolute atomic E-state index is 0.105. The van der Waals surface area contributed by atoms with Crippen molar-refractivity contribution in [1.29, 1.82) is 0 Å². The van der Waals surface area contributed by atoms with Gasteiger partial charge >= 0.3 is 0 Å². The second-order valence-electron chi connectivity index (χ2n) is 4.39. The fourth-order valence-corrected chi connectivity index (χ4v) is 1.86. The third-order valence-electron chi connectivity index (χ3n) is 2.82. The van der Waals surface area contributed by atoms with Crippen molar-refractivity contribution in [2.75, 3.05) is 6.54 Å². The number of carbonyl (C=O) groups excluding carboxylic acids is 1. The molecule has 104 valence electrons. The van der Waals surface area contributed by atoms with Crippen LogP contribution in [0.3, 0.4) is 0 Å². The zero-order chi connectivity index (χ0) is 14.5. The first-order valence-corrected chi connectivity index (χ1v) is 6.09. The summed E-state index contributed by atoms with van der Waals surface area (Å²) in [5, 5.41) is 2.88. The lowest BCUT2D eigenvalue weighted by Gasteiger charge is -2.06. The quantitative estimate of drug-likeness (QED) is 0.879. The Bertz CT molecular complexity index is 612. The van der Waals surface area contributed by atoms with Crippen LogP contribution in [0.25, 0.3) is 11.1 Å². The Kier molecular flexibility index (Phi) is 4.42. The molecule has 0 aromatic heterocycles. The number of nitrogens with one attached hydrogen (secondary N) is 1. The molecule has 3 N–H and O–H groups in total. The van der Waals surface area contributed by atoms with E-state index in [4.69, 9.17) is 5.73 Å². The summed E-state index contributed by atoms with van der Waals surface area (Å²) in [6.45, 7) is 0.601. The van der Waals surface area contributed by atoms with Gasteiger partial charge in [0.1, 0.15) is 11.6 Å². The molecule has 0 fully saturated rings. The van der Waals surface area contributed by atoms with Crippen LogP contribution in [-0.4, -0.2) is 12.5 Å². The van der Waals surface area contributed by atoms with Gasteiger partial charge in [-0.05, 0) is 23.3 Å². The van der Waals surface area contributed by atoms with Crippen molar-refractivity contribution in [3.8, 4) is 11.1 Å². The molecule has 0 bridgehead atoms. The van der Waals surface area contributed by atoms with Crippen molar-refractivity contribution in [1.82, 2.24) is 5.32 Å². The van der Waals surface area contributed by atoms with E-state index in [9.17, 15) is 13.6 Å². The lowest BCUT2D eigenvalue weighted by molar-refractivity contribution is -0.117.